The largest absolute Gasteiger partial charge is 0.491 e. The summed E-state index contributed by atoms with van der Waals surface area (Å²) in [6, 6.07) is 9.36. The Balaban J connectivity index is 1.69. The molecular weight excluding hydrogens is 318 g/mol. The van der Waals surface area contributed by atoms with Crippen molar-refractivity contribution in [2.45, 2.75) is 6.54 Å². The first kappa shape index (κ1) is 13.5. The van der Waals surface area contributed by atoms with E-state index in [1.54, 1.807) is 6.26 Å². The summed E-state index contributed by atoms with van der Waals surface area (Å²) in [6.45, 7) is 1.99. The van der Waals surface area contributed by atoms with E-state index in [4.69, 9.17) is 20.8 Å². The van der Waals surface area contributed by atoms with Crippen LogP contribution in [0.2, 0.25) is 5.02 Å². The van der Waals surface area contributed by atoms with Crippen LogP contribution < -0.4 is 10.1 Å². The number of furan rings is 1. The normalized spacial score (nSPS) is 10.6. The molecule has 0 spiro atoms. The van der Waals surface area contributed by atoms with Gasteiger partial charge in [-0.05, 0) is 30.3 Å². The second-order valence-corrected chi connectivity index (χ2v) is 5.00. The summed E-state index contributed by atoms with van der Waals surface area (Å²) < 4.78 is 11.7. The molecule has 18 heavy (non-hydrogen) atoms. The molecule has 0 unspecified atom stereocenters. The van der Waals surface area contributed by atoms with Crippen molar-refractivity contribution >= 4 is 27.5 Å². The lowest BCUT2D eigenvalue weighted by atomic mass is 10.3. The van der Waals surface area contributed by atoms with E-state index in [-0.39, 0.29) is 0 Å². The molecule has 3 nitrogen and oxygen atoms in total. The Hall–Kier alpha value is -0.970. The number of benzene rings is 1. The van der Waals surface area contributed by atoms with Gasteiger partial charge in [0, 0.05) is 11.0 Å². The molecule has 1 N–H and O–H groups in total. The third-order valence-corrected chi connectivity index (χ3v) is 3.10. The van der Waals surface area contributed by atoms with Crippen LogP contribution in [0.3, 0.4) is 0 Å². The maximum Gasteiger partial charge on any atom is 0.138 e. The molecule has 1 aromatic carbocycles. The van der Waals surface area contributed by atoms with Crippen LogP contribution in [0, 0.1) is 0 Å². The van der Waals surface area contributed by atoms with Gasteiger partial charge in [-0.1, -0.05) is 27.5 Å². The van der Waals surface area contributed by atoms with Crippen LogP contribution in [0.15, 0.2) is 45.5 Å². The molecule has 0 aliphatic heterocycles. The molecule has 0 fully saturated rings. The van der Waals surface area contributed by atoms with Gasteiger partial charge in [-0.25, -0.2) is 0 Å². The smallest absolute Gasteiger partial charge is 0.138 e. The summed E-state index contributed by atoms with van der Waals surface area (Å²) in [4.78, 5) is 0. The molecule has 0 radical (unpaired) electrons. The predicted molar refractivity (Wildman–Crippen MR) is 75.1 cm³/mol. The number of hydrogen-bond acceptors (Lipinski definition) is 3. The second-order valence-electron chi connectivity index (χ2n) is 3.68. The molecule has 1 aromatic heterocycles. The Morgan fingerprint density at radius 1 is 1.33 bits per heavy atom. The summed E-state index contributed by atoms with van der Waals surface area (Å²) in [5, 5.41) is 3.82. The minimum atomic E-state index is 0.558. The fourth-order valence-electron chi connectivity index (χ4n) is 1.45. The first-order chi connectivity index (χ1) is 8.75. The van der Waals surface area contributed by atoms with Gasteiger partial charge in [-0.15, -0.1) is 0 Å². The van der Waals surface area contributed by atoms with Crippen LogP contribution in [0.5, 0.6) is 5.75 Å². The summed E-state index contributed by atoms with van der Waals surface area (Å²) in [6.07, 6.45) is 1.66. The fourth-order valence-corrected chi connectivity index (χ4v) is 2.18. The van der Waals surface area contributed by atoms with Gasteiger partial charge >= 0.3 is 0 Å². The second kappa shape index (κ2) is 6.83. The SMILES string of the molecule is Clc1cc(Br)ccc1OCCNCc1ccco1. The van der Waals surface area contributed by atoms with Crippen LogP contribution in [0.4, 0.5) is 0 Å². The topological polar surface area (TPSA) is 34.4 Å². The molecule has 0 aliphatic carbocycles. The quantitative estimate of drug-likeness (QED) is 0.817. The molecule has 2 rings (SSSR count). The van der Waals surface area contributed by atoms with Gasteiger partial charge in [0.25, 0.3) is 0 Å². The van der Waals surface area contributed by atoms with E-state index in [9.17, 15) is 0 Å². The lowest BCUT2D eigenvalue weighted by molar-refractivity contribution is 0.311. The van der Waals surface area contributed by atoms with Gasteiger partial charge in [0.1, 0.15) is 18.1 Å². The molecule has 0 saturated heterocycles. The Labute approximate surface area is 119 Å². The molecule has 2 aromatic rings. The zero-order chi connectivity index (χ0) is 12.8. The average Bonchev–Trinajstić information content (AvgIpc) is 2.84. The fraction of sp³-hybridized carbons (Fsp3) is 0.231. The maximum atomic E-state index is 6.03. The number of ether oxygens (including phenoxy) is 1. The minimum Gasteiger partial charge on any atom is -0.491 e. The van der Waals surface area contributed by atoms with Crippen molar-refractivity contribution in [3.8, 4) is 5.75 Å². The van der Waals surface area contributed by atoms with E-state index >= 15 is 0 Å². The first-order valence-corrected chi connectivity index (χ1v) is 6.74. The first-order valence-electron chi connectivity index (χ1n) is 5.56. The molecule has 1 heterocycles. The van der Waals surface area contributed by atoms with Gasteiger partial charge in [0.2, 0.25) is 0 Å². The summed E-state index contributed by atoms with van der Waals surface area (Å²) in [7, 11) is 0. The van der Waals surface area contributed by atoms with Gasteiger partial charge in [0.05, 0.1) is 17.8 Å². The van der Waals surface area contributed by atoms with E-state index in [1.165, 1.54) is 0 Å². The standard InChI is InChI=1S/C13H13BrClNO2/c14-10-3-4-13(12(15)8-10)18-7-5-16-9-11-2-1-6-17-11/h1-4,6,8,16H,5,7,9H2. The van der Waals surface area contributed by atoms with Gasteiger partial charge in [0.15, 0.2) is 0 Å². The molecule has 0 atom stereocenters. The summed E-state index contributed by atoms with van der Waals surface area (Å²) in [5.74, 6) is 1.61. The highest BCUT2D eigenvalue weighted by atomic mass is 79.9. The van der Waals surface area contributed by atoms with Crippen LogP contribution in [-0.4, -0.2) is 13.2 Å². The number of hydrogen-bond donors (Lipinski definition) is 1. The Morgan fingerprint density at radius 2 is 2.22 bits per heavy atom. The third kappa shape index (κ3) is 4.05. The van der Waals surface area contributed by atoms with Crippen LogP contribution in [0.1, 0.15) is 5.76 Å². The third-order valence-electron chi connectivity index (χ3n) is 2.31. The molecule has 0 aliphatic rings. The van der Waals surface area contributed by atoms with Crippen LogP contribution >= 0.6 is 27.5 Å². The molecule has 0 saturated carbocycles. The van der Waals surface area contributed by atoms with E-state index in [0.717, 1.165) is 16.8 Å². The highest BCUT2D eigenvalue weighted by molar-refractivity contribution is 9.10. The van der Waals surface area contributed by atoms with Gasteiger partial charge < -0.3 is 14.5 Å². The Bertz CT molecular complexity index is 488. The Morgan fingerprint density at radius 3 is 2.94 bits per heavy atom. The molecular formula is C13H13BrClNO2. The van der Waals surface area contributed by atoms with Crippen LogP contribution in [0.25, 0.3) is 0 Å². The van der Waals surface area contributed by atoms with Crippen molar-refractivity contribution < 1.29 is 9.15 Å². The number of halogens is 2. The van der Waals surface area contributed by atoms with Crippen molar-refractivity contribution in [3.05, 3.63) is 51.9 Å². The highest BCUT2D eigenvalue weighted by Crippen LogP contribution is 2.27. The average molecular weight is 331 g/mol. The highest BCUT2D eigenvalue weighted by Gasteiger charge is 2.01. The van der Waals surface area contributed by atoms with E-state index in [2.05, 4.69) is 21.2 Å². The number of nitrogens with one attached hydrogen (secondary N) is 1. The lowest BCUT2D eigenvalue weighted by Gasteiger charge is -2.08. The van der Waals surface area contributed by atoms with Gasteiger partial charge in [-0.2, -0.15) is 0 Å². The van der Waals surface area contributed by atoms with Crippen LogP contribution in [-0.2, 0) is 6.54 Å². The summed E-state index contributed by atoms with van der Waals surface area (Å²) in [5.41, 5.74) is 0. The van der Waals surface area contributed by atoms with E-state index in [1.807, 2.05) is 30.3 Å². The van der Waals surface area contributed by atoms with Gasteiger partial charge in [-0.3, -0.25) is 0 Å². The van der Waals surface area contributed by atoms with Crippen molar-refractivity contribution in [2.24, 2.45) is 0 Å². The monoisotopic (exact) mass is 329 g/mol. The van der Waals surface area contributed by atoms with Crippen molar-refractivity contribution in [2.75, 3.05) is 13.2 Å². The molecule has 0 bridgehead atoms. The molecule has 5 heteroatoms. The van der Waals surface area contributed by atoms with Crippen molar-refractivity contribution in [3.63, 3.8) is 0 Å². The van der Waals surface area contributed by atoms with Crippen molar-refractivity contribution in [1.29, 1.82) is 0 Å². The molecule has 96 valence electrons. The zero-order valence-electron chi connectivity index (χ0n) is 9.66. The Kier molecular flexibility index (Phi) is 5.11. The minimum absolute atomic E-state index is 0.558. The maximum absolute atomic E-state index is 6.03. The number of rotatable bonds is 6. The molecule has 0 amide bonds. The zero-order valence-corrected chi connectivity index (χ0v) is 12.0. The van der Waals surface area contributed by atoms with E-state index in [0.29, 0.717) is 23.9 Å². The summed E-state index contributed by atoms with van der Waals surface area (Å²) >= 11 is 9.38. The lowest BCUT2D eigenvalue weighted by Crippen LogP contribution is -2.20. The van der Waals surface area contributed by atoms with Crippen molar-refractivity contribution in [1.82, 2.24) is 5.32 Å². The van der Waals surface area contributed by atoms with E-state index < -0.39 is 0 Å². The predicted octanol–water partition coefficient (Wildman–Crippen LogP) is 3.86.